The summed E-state index contributed by atoms with van der Waals surface area (Å²) in [6.45, 7) is 3.10. The summed E-state index contributed by atoms with van der Waals surface area (Å²) in [5.74, 6) is 1.76. The summed E-state index contributed by atoms with van der Waals surface area (Å²) in [6.07, 6.45) is 1.90. The van der Waals surface area contributed by atoms with Gasteiger partial charge in [0.25, 0.3) is 0 Å². The average molecular weight is 342 g/mol. The molecule has 2 aromatic rings. The molecular weight excluding hydrogens is 320 g/mol. The molecule has 132 valence electrons. The second-order valence-electron chi connectivity index (χ2n) is 6.01. The number of aromatic hydroxyl groups is 1. The molecule has 1 aliphatic heterocycles. The summed E-state index contributed by atoms with van der Waals surface area (Å²) < 4.78 is 16.3. The highest BCUT2D eigenvalue weighted by Gasteiger charge is 2.18. The zero-order chi connectivity index (χ0) is 17.8. The Morgan fingerprint density at radius 2 is 1.92 bits per heavy atom. The number of fused-ring (bicyclic) bond motifs is 1. The number of benzene rings is 2. The first-order valence-corrected chi connectivity index (χ1v) is 8.44. The maximum absolute atomic E-state index is 12.7. The predicted molar refractivity (Wildman–Crippen MR) is 94.1 cm³/mol. The lowest BCUT2D eigenvalue weighted by Crippen LogP contribution is -2.15. The molecule has 0 aliphatic carbocycles. The molecule has 0 saturated heterocycles. The normalized spacial score (nSPS) is 12.7. The Labute approximate surface area is 147 Å². The molecule has 3 rings (SSSR count). The van der Waals surface area contributed by atoms with Crippen molar-refractivity contribution < 1.29 is 24.1 Å². The van der Waals surface area contributed by atoms with Crippen LogP contribution in [0.25, 0.3) is 0 Å². The van der Waals surface area contributed by atoms with Crippen LogP contribution in [0.15, 0.2) is 30.3 Å². The lowest BCUT2D eigenvalue weighted by atomic mass is 9.98. The third-order valence-electron chi connectivity index (χ3n) is 4.19. The molecule has 0 spiro atoms. The van der Waals surface area contributed by atoms with Crippen molar-refractivity contribution in [1.29, 1.82) is 0 Å². The average Bonchev–Trinajstić information content (AvgIpc) is 2.62. The van der Waals surface area contributed by atoms with Gasteiger partial charge < -0.3 is 19.3 Å². The van der Waals surface area contributed by atoms with E-state index in [1.807, 2.05) is 18.2 Å². The summed E-state index contributed by atoms with van der Waals surface area (Å²) in [5, 5.41) is 10.2. The molecule has 25 heavy (non-hydrogen) atoms. The molecule has 1 heterocycles. The maximum atomic E-state index is 12.7. The lowest BCUT2D eigenvalue weighted by molar-refractivity contribution is 0.0990. The Kier molecular flexibility index (Phi) is 5.12. The van der Waals surface area contributed by atoms with E-state index in [-0.39, 0.29) is 18.0 Å². The number of methoxy groups -OCH3 is 1. The number of ether oxygens (including phenoxy) is 3. The first-order valence-electron chi connectivity index (χ1n) is 8.44. The van der Waals surface area contributed by atoms with E-state index in [9.17, 15) is 9.90 Å². The Hall–Kier alpha value is -2.69. The van der Waals surface area contributed by atoms with Gasteiger partial charge in [0.05, 0.1) is 12.7 Å². The molecule has 0 fully saturated rings. The van der Waals surface area contributed by atoms with Gasteiger partial charge in [-0.1, -0.05) is 19.4 Å². The Balaban J connectivity index is 1.84. The van der Waals surface area contributed by atoms with Gasteiger partial charge in [0.1, 0.15) is 24.7 Å². The van der Waals surface area contributed by atoms with Crippen molar-refractivity contribution in [3.63, 3.8) is 0 Å². The van der Waals surface area contributed by atoms with Crippen molar-refractivity contribution >= 4 is 5.78 Å². The first-order chi connectivity index (χ1) is 12.1. The van der Waals surface area contributed by atoms with Crippen LogP contribution in [0.4, 0.5) is 0 Å². The van der Waals surface area contributed by atoms with Crippen LogP contribution < -0.4 is 14.2 Å². The largest absolute Gasteiger partial charge is 0.507 e. The number of hydrogen-bond acceptors (Lipinski definition) is 5. The molecule has 2 aromatic carbocycles. The van der Waals surface area contributed by atoms with Crippen molar-refractivity contribution in [3.8, 4) is 23.0 Å². The van der Waals surface area contributed by atoms with Crippen LogP contribution in [0.5, 0.6) is 23.0 Å². The number of carbonyl (C=O) groups excluding carboxylic acids is 1. The number of aryl methyl sites for hydroxylation is 1. The minimum Gasteiger partial charge on any atom is -0.507 e. The van der Waals surface area contributed by atoms with Gasteiger partial charge in [0.15, 0.2) is 17.3 Å². The van der Waals surface area contributed by atoms with Gasteiger partial charge in [0, 0.05) is 12.5 Å². The highest BCUT2D eigenvalue weighted by molar-refractivity contribution is 6.00. The molecule has 0 amide bonds. The molecule has 0 bridgehead atoms. The van der Waals surface area contributed by atoms with Gasteiger partial charge in [0.2, 0.25) is 0 Å². The van der Waals surface area contributed by atoms with E-state index in [4.69, 9.17) is 14.2 Å². The monoisotopic (exact) mass is 342 g/mol. The number of ketones is 1. The van der Waals surface area contributed by atoms with E-state index in [0.29, 0.717) is 36.0 Å². The Morgan fingerprint density at radius 1 is 1.16 bits per heavy atom. The standard InChI is InChI=1S/C20H22O5/c1-3-4-14-11-15(17(22)12-19(14)23-2)16(21)9-13-5-6-18-20(10-13)25-8-7-24-18/h5-6,10-12,22H,3-4,7-9H2,1-2H3. The van der Waals surface area contributed by atoms with Gasteiger partial charge in [-0.05, 0) is 35.7 Å². The van der Waals surface area contributed by atoms with Crippen LogP contribution in [0.1, 0.15) is 34.8 Å². The van der Waals surface area contributed by atoms with Gasteiger partial charge in [-0.15, -0.1) is 0 Å². The summed E-state index contributed by atoms with van der Waals surface area (Å²) in [7, 11) is 1.56. The number of Topliss-reactive ketones (excluding diaryl/α,β-unsaturated/α-hetero) is 1. The van der Waals surface area contributed by atoms with E-state index < -0.39 is 0 Å². The number of phenols is 1. The molecular formula is C20H22O5. The zero-order valence-electron chi connectivity index (χ0n) is 14.5. The number of hydrogen-bond donors (Lipinski definition) is 1. The van der Waals surface area contributed by atoms with Crippen LogP contribution >= 0.6 is 0 Å². The fraction of sp³-hybridized carbons (Fsp3) is 0.350. The second kappa shape index (κ2) is 7.47. The highest BCUT2D eigenvalue weighted by Crippen LogP contribution is 2.33. The van der Waals surface area contributed by atoms with E-state index in [1.54, 1.807) is 13.2 Å². The molecule has 0 radical (unpaired) electrons. The number of phenolic OH excluding ortho intramolecular Hbond substituents is 1. The van der Waals surface area contributed by atoms with Crippen LogP contribution in [-0.2, 0) is 12.8 Å². The fourth-order valence-corrected chi connectivity index (χ4v) is 2.97. The number of rotatable bonds is 6. The minimum absolute atomic E-state index is 0.0563. The van der Waals surface area contributed by atoms with Crippen LogP contribution in [-0.4, -0.2) is 31.2 Å². The van der Waals surface area contributed by atoms with E-state index in [1.165, 1.54) is 6.07 Å². The summed E-state index contributed by atoms with van der Waals surface area (Å²) >= 11 is 0. The molecule has 5 nitrogen and oxygen atoms in total. The van der Waals surface area contributed by atoms with Gasteiger partial charge >= 0.3 is 0 Å². The molecule has 0 aromatic heterocycles. The SMILES string of the molecule is CCCc1cc(C(=O)Cc2ccc3c(c2)OCCO3)c(O)cc1OC. The summed E-state index contributed by atoms with van der Waals surface area (Å²) in [6, 6.07) is 8.73. The maximum Gasteiger partial charge on any atom is 0.170 e. The van der Waals surface area contributed by atoms with Crippen LogP contribution in [0.2, 0.25) is 0 Å². The van der Waals surface area contributed by atoms with Crippen LogP contribution in [0, 0.1) is 0 Å². The van der Waals surface area contributed by atoms with Gasteiger partial charge in [-0.2, -0.15) is 0 Å². The number of carbonyl (C=O) groups is 1. The zero-order valence-corrected chi connectivity index (χ0v) is 14.5. The molecule has 1 aliphatic rings. The Bertz CT molecular complexity index is 782. The molecule has 1 N–H and O–H groups in total. The highest BCUT2D eigenvalue weighted by atomic mass is 16.6. The van der Waals surface area contributed by atoms with Crippen molar-refractivity contribution in [2.24, 2.45) is 0 Å². The van der Waals surface area contributed by atoms with Gasteiger partial charge in [-0.3, -0.25) is 4.79 Å². The van der Waals surface area contributed by atoms with E-state index in [2.05, 4.69) is 6.92 Å². The smallest absolute Gasteiger partial charge is 0.170 e. The molecule has 0 atom stereocenters. The Morgan fingerprint density at radius 3 is 2.64 bits per heavy atom. The van der Waals surface area contributed by atoms with Gasteiger partial charge in [-0.25, -0.2) is 0 Å². The molecule has 0 unspecified atom stereocenters. The molecule has 0 saturated carbocycles. The van der Waals surface area contributed by atoms with Crippen molar-refractivity contribution in [3.05, 3.63) is 47.0 Å². The third kappa shape index (κ3) is 3.71. The first kappa shape index (κ1) is 17.1. The lowest BCUT2D eigenvalue weighted by Gasteiger charge is -2.18. The quantitative estimate of drug-likeness (QED) is 0.813. The minimum atomic E-state index is -0.144. The molecule has 5 heteroatoms. The predicted octanol–water partition coefficient (Wildman–Crippen LogP) is 3.55. The summed E-state index contributed by atoms with van der Waals surface area (Å²) in [4.78, 5) is 12.7. The van der Waals surface area contributed by atoms with Crippen LogP contribution in [0.3, 0.4) is 0 Å². The fourth-order valence-electron chi connectivity index (χ4n) is 2.97. The van der Waals surface area contributed by atoms with Crippen molar-refractivity contribution in [2.75, 3.05) is 20.3 Å². The second-order valence-corrected chi connectivity index (χ2v) is 6.01. The summed E-state index contributed by atoms with van der Waals surface area (Å²) in [5.41, 5.74) is 2.06. The third-order valence-corrected chi connectivity index (χ3v) is 4.19. The van der Waals surface area contributed by atoms with E-state index in [0.717, 1.165) is 24.0 Å². The topological polar surface area (TPSA) is 65.0 Å². The van der Waals surface area contributed by atoms with Crippen molar-refractivity contribution in [2.45, 2.75) is 26.2 Å². The van der Waals surface area contributed by atoms with E-state index >= 15 is 0 Å². The van der Waals surface area contributed by atoms with Crippen molar-refractivity contribution in [1.82, 2.24) is 0 Å².